The summed E-state index contributed by atoms with van der Waals surface area (Å²) in [6.07, 6.45) is 1.92. The zero-order valence-electron chi connectivity index (χ0n) is 12.3. The van der Waals surface area contributed by atoms with Crippen molar-refractivity contribution in [3.05, 3.63) is 39.8 Å². The fraction of sp³-hybridized carbons (Fsp3) is 0.400. The maximum absolute atomic E-state index is 5.33. The van der Waals surface area contributed by atoms with Crippen LogP contribution < -0.4 is 14.8 Å². The van der Waals surface area contributed by atoms with Crippen molar-refractivity contribution >= 4 is 11.3 Å². The first-order valence-electron chi connectivity index (χ1n) is 6.50. The van der Waals surface area contributed by atoms with Gasteiger partial charge < -0.3 is 14.8 Å². The normalized spacial score (nSPS) is 12.2. The van der Waals surface area contributed by atoms with Gasteiger partial charge in [-0.15, -0.1) is 11.3 Å². The number of nitrogens with one attached hydrogen (secondary N) is 1. The highest BCUT2D eigenvalue weighted by molar-refractivity contribution is 7.11. The van der Waals surface area contributed by atoms with Crippen molar-refractivity contribution in [2.75, 3.05) is 14.2 Å². The van der Waals surface area contributed by atoms with Crippen LogP contribution in [0, 0.1) is 6.92 Å². The van der Waals surface area contributed by atoms with E-state index in [1.54, 1.807) is 25.6 Å². The zero-order chi connectivity index (χ0) is 14.5. The van der Waals surface area contributed by atoms with Crippen LogP contribution in [0.15, 0.2) is 24.4 Å². The van der Waals surface area contributed by atoms with Gasteiger partial charge in [-0.3, -0.25) is 0 Å². The number of rotatable bonds is 6. The molecule has 1 aromatic carbocycles. The van der Waals surface area contributed by atoms with E-state index in [1.807, 2.05) is 25.3 Å². The molecule has 1 aromatic heterocycles. The van der Waals surface area contributed by atoms with Crippen LogP contribution in [0.4, 0.5) is 0 Å². The lowest BCUT2D eigenvalue weighted by Crippen LogP contribution is -2.17. The summed E-state index contributed by atoms with van der Waals surface area (Å²) >= 11 is 1.72. The molecule has 1 unspecified atom stereocenters. The monoisotopic (exact) mass is 292 g/mol. The highest BCUT2D eigenvalue weighted by Crippen LogP contribution is 2.30. The molecule has 0 saturated carbocycles. The molecule has 1 heterocycles. The van der Waals surface area contributed by atoms with E-state index in [0.29, 0.717) is 0 Å². The number of aromatic nitrogens is 1. The Hall–Kier alpha value is -1.59. The lowest BCUT2D eigenvalue weighted by molar-refractivity contribution is 0.354. The van der Waals surface area contributed by atoms with Gasteiger partial charge in [-0.05, 0) is 31.5 Å². The summed E-state index contributed by atoms with van der Waals surface area (Å²) in [6, 6.07) is 6.23. The third kappa shape index (κ3) is 3.49. The van der Waals surface area contributed by atoms with Crippen molar-refractivity contribution in [2.24, 2.45) is 0 Å². The van der Waals surface area contributed by atoms with Crippen molar-refractivity contribution < 1.29 is 9.47 Å². The Morgan fingerprint density at radius 1 is 1.25 bits per heavy atom. The van der Waals surface area contributed by atoms with Crippen LogP contribution in [0.2, 0.25) is 0 Å². The number of aryl methyl sites for hydroxylation is 1. The van der Waals surface area contributed by atoms with E-state index < -0.39 is 0 Å². The molecule has 0 radical (unpaired) electrons. The molecule has 0 saturated heterocycles. The molecule has 4 nitrogen and oxygen atoms in total. The van der Waals surface area contributed by atoms with Crippen LogP contribution >= 0.6 is 11.3 Å². The minimum absolute atomic E-state index is 0.234. The predicted molar refractivity (Wildman–Crippen MR) is 81.7 cm³/mol. The van der Waals surface area contributed by atoms with Crippen molar-refractivity contribution in [1.29, 1.82) is 0 Å². The average molecular weight is 292 g/mol. The van der Waals surface area contributed by atoms with E-state index >= 15 is 0 Å². The molecule has 2 rings (SSSR count). The van der Waals surface area contributed by atoms with Gasteiger partial charge in [0.05, 0.1) is 19.2 Å². The standard InChI is InChI=1S/C15H20N2O2S/c1-10(16-8-13-9-17-11(2)20-13)12-5-6-14(18-3)15(7-12)19-4/h5-7,9-10,16H,8H2,1-4H3. The number of thiazole rings is 1. The van der Waals surface area contributed by atoms with Gasteiger partial charge >= 0.3 is 0 Å². The molecule has 0 aliphatic carbocycles. The van der Waals surface area contributed by atoms with Crippen LogP contribution in [-0.2, 0) is 6.54 Å². The maximum Gasteiger partial charge on any atom is 0.161 e. The first-order chi connectivity index (χ1) is 9.63. The molecule has 1 atom stereocenters. The minimum atomic E-state index is 0.234. The van der Waals surface area contributed by atoms with E-state index in [-0.39, 0.29) is 6.04 Å². The first-order valence-corrected chi connectivity index (χ1v) is 7.32. The SMILES string of the molecule is COc1ccc(C(C)NCc2cnc(C)s2)cc1OC. The summed E-state index contributed by atoms with van der Waals surface area (Å²) in [6.45, 7) is 4.97. The minimum Gasteiger partial charge on any atom is -0.493 e. The fourth-order valence-electron chi connectivity index (χ4n) is 1.98. The highest BCUT2D eigenvalue weighted by atomic mass is 32.1. The number of methoxy groups -OCH3 is 2. The van der Waals surface area contributed by atoms with Gasteiger partial charge in [-0.2, -0.15) is 0 Å². The molecule has 0 fully saturated rings. The lowest BCUT2D eigenvalue weighted by Gasteiger charge is -2.16. The quantitative estimate of drug-likeness (QED) is 0.887. The van der Waals surface area contributed by atoms with E-state index in [4.69, 9.17) is 9.47 Å². The maximum atomic E-state index is 5.33. The van der Waals surface area contributed by atoms with Gasteiger partial charge in [0, 0.05) is 23.7 Å². The van der Waals surface area contributed by atoms with Crippen molar-refractivity contribution in [3.63, 3.8) is 0 Å². The molecular formula is C15H20N2O2S. The summed E-state index contributed by atoms with van der Waals surface area (Å²) in [4.78, 5) is 5.50. The van der Waals surface area contributed by atoms with E-state index in [1.165, 1.54) is 10.4 Å². The molecule has 20 heavy (non-hydrogen) atoms. The summed E-state index contributed by atoms with van der Waals surface area (Å²) < 4.78 is 10.6. The summed E-state index contributed by atoms with van der Waals surface area (Å²) in [7, 11) is 3.30. The Morgan fingerprint density at radius 2 is 2.00 bits per heavy atom. The van der Waals surface area contributed by atoms with Crippen molar-refractivity contribution in [3.8, 4) is 11.5 Å². The summed E-state index contributed by atoms with van der Waals surface area (Å²) in [5.74, 6) is 1.51. The molecule has 5 heteroatoms. The number of hydrogen-bond acceptors (Lipinski definition) is 5. The third-order valence-corrected chi connectivity index (χ3v) is 4.07. The summed E-state index contributed by atoms with van der Waals surface area (Å²) in [5, 5.41) is 4.59. The largest absolute Gasteiger partial charge is 0.493 e. The first kappa shape index (κ1) is 14.8. The molecule has 0 aliphatic rings. The molecule has 1 N–H and O–H groups in total. The van der Waals surface area contributed by atoms with Crippen molar-refractivity contribution in [1.82, 2.24) is 10.3 Å². The van der Waals surface area contributed by atoms with Crippen molar-refractivity contribution in [2.45, 2.75) is 26.4 Å². The van der Waals surface area contributed by atoms with Crippen LogP contribution in [0.5, 0.6) is 11.5 Å². The van der Waals surface area contributed by atoms with Gasteiger partial charge in [0.15, 0.2) is 11.5 Å². The second-order valence-electron chi connectivity index (χ2n) is 4.56. The molecular weight excluding hydrogens is 272 g/mol. The average Bonchev–Trinajstić information content (AvgIpc) is 2.89. The number of benzene rings is 1. The van der Waals surface area contributed by atoms with E-state index in [0.717, 1.165) is 23.1 Å². The van der Waals surface area contributed by atoms with Crippen LogP contribution in [-0.4, -0.2) is 19.2 Å². The molecule has 0 amide bonds. The molecule has 108 valence electrons. The number of hydrogen-bond donors (Lipinski definition) is 1. The highest BCUT2D eigenvalue weighted by Gasteiger charge is 2.10. The van der Waals surface area contributed by atoms with Gasteiger partial charge in [0.1, 0.15) is 0 Å². The van der Waals surface area contributed by atoms with Gasteiger partial charge in [0.25, 0.3) is 0 Å². The number of nitrogens with zero attached hydrogens (tertiary/aromatic N) is 1. The van der Waals surface area contributed by atoms with E-state index in [9.17, 15) is 0 Å². The number of ether oxygens (including phenoxy) is 2. The Balaban J connectivity index is 2.03. The zero-order valence-corrected chi connectivity index (χ0v) is 13.1. The van der Waals surface area contributed by atoms with Gasteiger partial charge in [-0.25, -0.2) is 4.98 Å². The smallest absolute Gasteiger partial charge is 0.161 e. The Kier molecular flexibility index (Phi) is 4.98. The molecule has 0 bridgehead atoms. The second kappa shape index (κ2) is 6.72. The van der Waals surface area contributed by atoms with E-state index in [2.05, 4.69) is 23.3 Å². The predicted octanol–water partition coefficient (Wildman–Crippen LogP) is 3.32. The van der Waals surface area contributed by atoms with Crippen LogP contribution in [0.1, 0.15) is 28.4 Å². The molecule has 0 aliphatic heterocycles. The third-order valence-electron chi connectivity index (χ3n) is 3.16. The van der Waals surface area contributed by atoms with Crippen LogP contribution in [0.3, 0.4) is 0 Å². The second-order valence-corrected chi connectivity index (χ2v) is 5.88. The van der Waals surface area contributed by atoms with Gasteiger partial charge in [0.2, 0.25) is 0 Å². The Morgan fingerprint density at radius 3 is 2.60 bits per heavy atom. The van der Waals surface area contributed by atoms with Crippen LogP contribution in [0.25, 0.3) is 0 Å². The molecule has 0 spiro atoms. The summed E-state index contributed by atoms with van der Waals surface area (Å²) in [5.41, 5.74) is 1.17. The Labute approximate surface area is 123 Å². The fourth-order valence-corrected chi connectivity index (χ4v) is 2.73. The molecule has 2 aromatic rings. The Bertz CT molecular complexity index is 569. The van der Waals surface area contributed by atoms with Gasteiger partial charge in [-0.1, -0.05) is 6.07 Å². The lowest BCUT2D eigenvalue weighted by atomic mass is 10.1. The topological polar surface area (TPSA) is 43.4 Å².